The van der Waals surface area contributed by atoms with Crippen molar-refractivity contribution in [3.63, 3.8) is 0 Å². The van der Waals surface area contributed by atoms with E-state index in [2.05, 4.69) is 10.6 Å². The van der Waals surface area contributed by atoms with Crippen molar-refractivity contribution in [1.82, 2.24) is 10.6 Å². The smallest absolute Gasteiger partial charge is 0.331 e. The number of urea groups is 1. The van der Waals surface area contributed by atoms with Crippen LogP contribution < -0.4 is 10.6 Å². The summed E-state index contributed by atoms with van der Waals surface area (Å²) in [4.78, 5) is 36.2. The molecule has 0 bridgehead atoms. The van der Waals surface area contributed by atoms with Gasteiger partial charge in [0.2, 0.25) is 6.10 Å². The van der Waals surface area contributed by atoms with Crippen LogP contribution in [0.2, 0.25) is 5.02 Å². The Morgan fingerprint density at radius 3 is 2.50 bits per heavy atom. The molecule has 0 saturated heterocycles. The Morgan fingerprint density at radius 1 is 1.14 bits per heavy atom. The number of amides is 3. The summed E-state index contributed by atoms with van der Waals surface area (Å²) in [5.41, 5.74) is 0.388. The van der Waals surface area contributed by atoms with Crippen LogP contribution in [-0.4, -0.2) is 24.5 Å². The molecule has 0 aliphatic rings. The molecule has 0 aromatic heterocycles. The van der Waals surface area contributed by atoms with Crippen LogP contribution in [0.1, 0.15) is 24.2 Å². The normalized spacial score (nSPS) is 11.7. The molecule has 8 heteroatoms. The lowest BCUT2D eigenvalue weighted by Crippen LogP contribution is -2.42. The summed E-state index contributed by atoms with van der Waals surface area (Å²) in [6, 6.07) is 11.6. The van der Waals surface area contributed by atoms with Gasteiger partial charge in [0.05, 0.1) is 5.02 Å². The van der Waals surface area contributed by atoms with Gasteiger partial charge in [0.25, 0.3) is 5.91 Å². The van der Waals surface area contributed by atoms with Gasteiger partial charge in [0.15, 0.2) is 0 Å². The monoisotopic (exact) mass is 404 g/mol. The number of imide groups is 1. The van der Waals surface area contributed by atoms with Crippen LogP contribution in [0.3, 0.4) is 0 Å². The molecule has 3 amide bonds. The van der Waals surface area contributed by atoms with Crippen molar-refractivity contribution in [2.45, 2.75) is 13.0 Å². The topological polar surface area (TPSA) is 84.5 Å². The van der Waals surface area contributed by atoms with Gasteiger partial charge in [0, 0.05) is 23.7 Å². The molecule has 1 atom stereocenters. The number of halogens is 2. The third-order valence-electron chi connectivity index (χ3n) is 3.53. The van der Waals surface area contributed by atoms with Crippen molar-refractivity contribution in [3.8, 4) is 0 Å². The second kappa shape index (κ2) is 10.2. The van der Waals surface area contributed by atoms with E-state index in [-0.39, 0.29) is 10.6 Å². The Morgan fingerprint density at radius 2 is 1.86 bits per heavy atom. The maximum atomic E-state index is 13.8. The average Bonchev–Trinajstić information content (AvgIpc) is 2.66. The van der Waals surface area contributed by atoms with Gasteiger partial charge in [-0.25, -0.2) is 14.0 Å². The Bertz CT molecular complexity index is 867. The summed E-state index contributed by atoms with van der Waals surface area (Å²) < 4.78 is 19.0. The van der Waals surface area contributed by atoms with E-state index in [0.29, 0.717) is 12.1 Å². The molecule has 146 valence electrons. The fraction of sp³-hybridized carbons (Fsp3) is 0.150. The quantitative estimate of drug-likeness (QED) is 0.569. The maximum Gasteiger partial charge on any atom is 0.331 e. The van der Waals surface area contributed by atoms with E-state index in [1.165, 1.54) is 18.2 Å². The third kappa shape index (κ3) is 5.92. The van der Waals surface area contributed by atoms with Crippen LogP contribution >= 0.6 is 11.6 Å². The van der Waals surface area contributed by atoms with Crippen LogP contribution in [0, 0.1) is 5.82 Å². The zero-order valence-electron chi connectivity index (χ0n) is 14.9. The molecule has 2 N–H and O–H groups in total. The third-order valence-corrected chi connectivity index (χ3v) is 3.86. The fourth-order valence-corrected chi connectivity index (χ4v) is 2.49. The number of nitrogens with one attached hydrogen (secondary N) is 2. The Balaban J connectivity index is 2.17. The lowest BCUT2D eigenvalue weighted by atomic mass is 10.1. The molecule has 0 saturated carbocycles. The summed E-state index contributed by atoms with van der Waals surface area (Å²) >= 11 is 5.90. The molecular formula is C20H18ClFN2O4. The summed E-state index contributed by atoms with van der Waals surface area (Å²) in [6.45, 7) is 2.01. The summed E-state index contributed by atoms with van der Waals surface area (Å²) in [5.74, 6) is -2.33. The van der Waals surface area contributed by atoms with Crippen LogP contribution in [0.4, 0.5) is 9.18 Å². The van der Waals surface area contributed by atoms with E-state index in [1.54, 1.807) is 37.3 Å². The van der Waals surface area contributed by atoms with Crippen molar-refractivity contribution in [1.29, 1.82) is 0 Å². The highest BCUT2D eigenvalue weighted by Gasteiger charge is 2.25. The first-order valence-corrected chi connectivity index (χ1v) is 8.76. The van der Waals surface area contributed by atoms with Gasteiger partial charge >= 0.3 is 12.0 Å². The molecule has 2 aromatic carbocycles. The van der Waals surface area contributed by atoms with E-state index >= 15 is 0 Å². The van der Waals surface area contributed by atoms with Gasteiger partial charge in [-0.15, -0.1) is 0 Å². The zero-order valence-corrected chi connectivity index (χ0v) is 15.7. The predicted molar refractivity (Wildman–Crippen MR) is 103 cm³/mol. The highest BCUT2D eigenvalue weighted by atomic mass is 35.5. The molecule has 0 heterocycles. The van der Waals surface area contributed by atoms with Gasteiger partial charge in [-0.3, -0.25) is 10.1 Å². The minimum atomic E-state index is -1.36. The van der Waals surface area contributed by atoms with Crippen LogP contribution in [0.15, 0.2) is 54.6 Å². The molecule has 0 spiro atoms. The number of rotatable bonds is 6. The number of hydrogen-bond donors (Lipinski definition) is 2. The SMILES string of the molecule is CCNC(=O)NC(=O)[C@@H](OC(=O)/C=C/c1c(F)cccc1Cl)c1ccccc1. The van der Waals surface area contributed by atoms with Gasteiger partial charge in [0.1, 0.15) is 5.82 Å². The Hall–Kier alpha value is -3.19. The molecule has 6 nitrogen and oxygen atoms in total. The van der Waals surface area contributed by atoms with Gasteiger partial charge in [-0.05, 0) is 25.1 Å². The number of carbonyl (C=O) groups excluding carboxylic acids is 3. The Labute approximate surface area is 166 Å². The number of ether oxygens (including phenoxy) is 1. The number of carbonyl (C=O) groups is 3. The Kier molecular flexibility index (Phi) is 7.71. The average molecular weight is 405 g/mol. The summed E-state index contributed by atoms with van der Waals surface area (Å²) in [7, 11) is 0. The number of esters is 1. The standard InChI is InChI=1S/C20H18ClFN2O4/c1-2-23-20(27)24-19(26)18(13-7-4-3-5-8-13)28-17(25)12-11-14-15(21)9-6-10-16(14)22/h3-12,18H,2H2,1H3,(H2,23,24,26,27)/b12-11+/t18-/m0/s1. The van der Waals surface area contributed by atoms with Gasteiger partial charge < -0.3 is 10.1 Å². The predicted octanol–water partition coefficient (Wildman–Crippen LogP) is 3.62. The number of benzene rings is 2. The molecule has 28 heavy (non-hydrogen) atoms. The fourth-order valence-electron chi connectivity index (χ4n) is 2.26. The summed E-state index contributed by atoms with van der Waals surface area (Å²) in [6.07, 6.45) is 0.751. The first-order valence-electron chi connectivity index (χ1n) is 8.38. The highest BCUT2D eigenvalue weighted by Crippen LogP contribution is 2.21. The summed E-state index contributed by atoms with van der Waals surface area (Å²) in [5, 5.41) is 4.64. The van der Waals surface area contributed by atoms with Crippen molar-refractivity contribution in [2.24, 2.45) is 0 Å². The first kappa shape index (κ1) is 21.1. The van der Waals surface area contributed by atoms with E-state index in [1.807, 2.05) is 0 Å². The van der Waals surface area contributed by atoms with E-state index in [4.69, 9.17) is 16.3 Å². The maximum absolute atomic E-state index is 13.8. The van der Waals surface area contributed by atoms with Gasteiger partial charge in [-0.1, -0.05) is 48.0 Å². The molecule has 0 fully saturated rings. The van der Waals surface area contributed by atoms with E-state index in [9.17, 15) is 18.8 Å². The van der Waals surface area contributed by atoms with Crippen molar-refractivity contribution < 1.29 is 23.5 Å². The van der Waals surface area contributed by atoms with Crippen molar-refractivity contribution in [3.05, 3.63) is 76.6 Å². The molecule has 0 aliphatic heterocycles. The second-order valence-corrected chi connectivity index (χ2v) is 5.95. The van der Waals surface area contributed by atoms with E-state index in [0.717, 1.165) is 12.2 Å². The van der Waals surface area contributed by atoms with E-state index < -0.39 is 29.8 Å². The minimum Gasteiger partial charge on any atom is -0.444 e. The molecule has 0 unspecified atom stereocenters. The molecule has 2 rings (SSSR count). The molecular weight excluding hydrogens is 387 g/mol. The molecule has 0 radical (unpaired) electrons. The highest BCUT2D eigenvalue weighted by molar-refractivity contribution is 6.32. The first-order chi connectivity index (χ1) is 13.4. The molecule has 2 aromatic rings. The zero-order chi connectivity index (χ0) is 20.5. The lowest BCUT2D eigenvalue weighted by molar-refractivity contribution is -0.151. The minimum absolute atomic E-state index is 0.0177. The van der Waals surface area contributed by atoms with Crippen LogP contribution in [0.5, 0.6) is 0 Å². The second-order valence-electron chi connectivity index (χ2n) is 5.54. The van der Waals surface area contributed by atoms with Crippen LogP contribution in [0.25, 0.3) is 6.08 Å². The number of hydrogen-bond acceptors (Lipinski definition) is 4. The van der Waals surface area contributed by atoms with Crippen molar-refractivity contribution in [2.75, 3.05) is 6.54 Å². The van der Waals surface area contributed by atoms with Gasteiger partial charge in [-0.2, -0.15) is 0 Å². The van der Waals surface area contributed by atoms with Crippen LogP contribution in [-0.2, 0) is 14.3 Å². The lowest BCUT2D eigenvalue weighted by Gasteiger charge is -2.16. The molecule has 0 aliphatic carbocycles. The largest absolute Gasteiger partial charge is 0.444 e. The van der Waals surface area contributed by atoms with Crippen molar-refractivity contribution >= 4 is 35.6 Å².